The molecule has 1 aliphatic carbocycles. The third kappa shape index (κ3) is 5.78. The number of allylic oxidation sites excluding steroid dienone is 9. The van der Waals surface area contributed by atoms with Gasteiger partial charge in [-0.15, -0.1) is 0 Å². The molecule has 0 N–H and O–H groups in total. The van der Waals surface area contributed by atoms with Crippen LogP contribution >= 0.6 is 0 Å². The van der Waals surface area contributed by atoms with E-state index in [2.05, 4.69) is 69.0 Å². The summed E-state index contributed by atoms with van der Waals surface area (Å²) in [5, 5.41) is 2.05. The van der Waals surface area contributed by atoms with Gasteiger partial charge in [0.15, 0.2) is 17.5 Å². The second-order valence-corrected chi connectivity index (χ2v) is 11.7. The Balaban J connectivity index is 1.36. The fourth-order valence-corrected chi connectivity index (χ4v) is 6.06. The van der Waals surface area contributed by atoms with Crippen molar-refractivity contribution >= 4 is 21.9 Å². The lowest BCUT2D eigenvalue weighted by atomic mass is 9.90. The first-order chi connectivity index (χ1) is 22.6. The molecule has 2 aromatic heterocycles. The molecule has 4 aromatic carbocycles. The molecular weight excluding hydrogens is 562 g/mol. The lowest BCUT2D eigenvalue weighted by Crippen LogP contribution is -2.02. The van der Waals surface area contributed by atoms with Crippen LogP contribution in [0.4, 0.5) is 0 Å². The zero-order valence-corrected chi connectivity index (χ0v) is 26.2. The highest BCUT2D eigenvalue weighted by molar-refractivity contribution is 6.12. The first-order valence-electron chi connectivity index (χ1n) is 15.8. The number of benzene rings is 4. The van der Waals surface area contributed by atoms with Crippen LogP contribution in [0.5, 0.6) is 0 Å². The fraction of sp³-hybridized carbons (Fsp3) is 0.119. The Bertz CT molecular complexity index is 2140. The lowest BCUT2D eigenvalue weighted by molar-refractivity contribution is 0.669. The topological polar surface area (TPSA) is 51.8 Å². The zero-order chi connectivity index (χ0) is 31.5. The number of aromatic nitrogens is 3. The Hall–Kier alpha value is -5.61. The molecule has 0 unspecified atom stereocenters. The molecule has 4 nitrogen and oxygen atoms in total. The molecule has 46 heavy (non-hydrogen) atoms. The Morgan fingerprint density at radius 3 is 2.13 bits per heavy atom. The van der Waals surface area contributed by atoms with Crippen LogP contribution in [0.15, 0.2) is 161 Å². The molecule has 2 heterocycles. The summed E-state index contributed by atoms with van der Waals surface area (Å²) in [6.07, 6.45) is 13.8. The monoisotopic (exact) mass is 597 g/mol. The summed E-state index contributed by atoms with van der Waals surface area (Å²) in [5.74, 6) is 1.89. The lowest BCUT2D eigenvalue weighted by Gasteiger charge is -2.15. The third-order valence-electron chi connectivity index (χ3n) is 8.60. The van der Waals surface area contributed by atoms with Gasteiger partial charge in [0.2, 0.25) is 0 Å². The smallest absolute Gasteiger partial charge is 0.165 e. The second kappa shape index (κ2) is 12.8. The van der Waals surface area contributed by atoms with E-state index in [9.17, 15) is 0 Å². The van der Waals surface area contributed by atoms with Gasteiger partial charge in [-0.3, -0.25) is 0 Å². The molecule has 1 aliphatic rings. The van der Waals surface area contributed by atoms with E-state index in [1.165, 1.54) is 11.1 Å². The summed E-state index contributed by atoms with van der Waals surface area (Å²) in [6, 6.07) is 32.5. The molecule has 4 heteroatoms. The summed E-state index contributed by atoms with van der Waals surface area (Å²) in [7, 11) is 0. The van der Waals surface area contributed by atoms with Crippen LogP contribution in [0.1, 0.15) is 32.3 Å². The number of hydrogen-bond donors (Lipinski definition) is 0. The standard InChI is InChI=1S/C42H35N3O/c1-28(30(3)34-23-13-11-17-29(34)2)16-10-12-18-31-26-27-37-39(35-24-14-15-25-36(35)46-37)38(31)42-44-40(32-19-6-4-7-20-32)43-41(45-42)33-21-8-5-9-22-33/h4-10,12-16,19-27H,3,11,17-18H2,1-2H3/b12-10-,28-16-. The van der Waals surface area contributed by atoms with Crippen molar-refractivity contribution in [3.63, 3.8) is 0 Å². The van der Waals surface area contributed by atoms with Gasteiger partial charge in [-0.25, -0.2) is 15.0 Å². The van der Waals surface area contributed by atoms with Crippen LogP contribution in [-0.4, -0.2) is 15.0 Å². The minimum Gasteiger partial charge on any atom is -0.456 e. The maximum Gasteiger partial charge on any atom is 0.165 e. The molecule has 224 valence electrons. The van der Waals surface area contributed by atoms with Crippen molar-refractivity contribution in [2.75, 3.05) is 0 Å². The highest BCUT2D eigenvalue weighted by Gasteiger charge is 2.20. The quantitative estimate of drug-likeness (QED) is 0.164. The molecule has 0 radical (unpaired) electrons. The summed E-state index contributed by atoms with van der Waals surface area (Å²) >= 11 is 0. The first kappa shape index (κ1) is 29.1. The van der Waals surface area contributed by atoms with Gasteiger partial charge in [-0.1, -0.05) is 127 Å². The van der Waals surface area contributed by atoms with Crippen LogP contribution in [0.25, 0.3) is 56.1 Å². The van der Waals surface area contributed by atoms with E-state index in [1.807, 2.05) is 78.9 Å². The van der Waals surface area contributed by atoms with Crippen molar-refractivity contribution in [1.82, 2.24) is 15.0 Å². The van der Waals surface area contributed by atoms with Gasteiger partial charge in [0.05, 0.1) is 0 Å². The van der Waals surface area contributed by atoms with Crippen molar-refractivity contribution in [2.24, 2.45) is 0 Å². The average molecular weight is 598 g/mol. The van der Waals surface area contributed by atoms with Crippen molar-refractivity contribution in [3.8, 4) is 34.2 Å². The van der Waals surface area contributed by atoms with E-state index in [0.717, 1.165) is 68.2 Å². The highest BCUT2D eigenvalue weighted by Crippen LogP contribution is 2.39. The summed E-state index contributed by atoms with van der Waals surface area (Å²) in [6.45, 7) is 8.74. The van der Waals surface area contributed by atoms with Crippen molar-refractivity contribution in [3.05, 3.63) is 162 Å². The van der Waals surface area contributed by atoms with Crippen LogP contribution < -0.4 is 0 Å². The maximum absolute atomic E-state index is 6.33. The highest BCUT2D eigenvalue weighted by atomic mass is 16.3. The predicted molar refractivity (Wildman–Crippen MR) is 190 cm³/mol. The zero-order valence-electron chi connectivity index (χ0n) is 26.2. The normalized spacial score (nSPS) is 13.7. The summed E-state index contributed by atoms with van der Waals surface area (Å²) in [4.78, 5) is 15.2. The number of para-hydroxylation sites is 1. The first-order valence-corrected chi connectivity index (χ1v) is 15.8. The Morgan fingerprint density at radius 2 is 1.43 bits per heavy atom. The van der Waals surface area contributed by atoms with Gasteiger partial charge < -0.3 is 4.42 Å². The van der Waals surface area contributed by atoms with E-state index in [0.29, 0.717) is 23.9 Å². The average Bonchev–Trinajstić information content (AvgIpc) is 3.49. The van der Waals surface area contributed by atoms with E-state index < -0.39 is 0 Å². The van der Waals surface area contributed by atoms with Gasteiger partial charge in [0.25, 0.3) is 0 Å². The van der Waals surface area contributed by atoms with Gasteiger partial charge in [0, 0.05) is 27.5 Å². The second-order valence-electron chi connectivity index (χ2n) is 11.7. The Morgan fingerprint density at radius 1 is 0.783 bits per heavy atom. The van der Waals surface area contributed by atoms with Crippen molar-refractivity contribution < 1.29 is 4.42 Å². The SMILES string of the molecule is C=C(C1=C(C)CCC=C1)/C(C)=C\C=C/Cc1ccc2oc3ccccc3c2c1-c1nc(-c2ccccc2)nc(-c2ccccc2)n1. The Kier molecular flexibility index (Phi) is 8.09. The largest absolute Gasteiger partial charge is 0.456 e. The van der Waals surface area contributed by atoms with Crippen LogP contribution in [0.3, 0.4) is 0 Å². The number of nitrogens with zero attached hydrogens (tertiary/aromatic N) is 3. The minimum absolute atomic E-state index is 0.625. The molecule has 0 saturated carbocycles. The van der Waals surface area contributed by atoms with E-state index in [4.69, 9.17) is 19.4 Å². The van der Waals surface area contributed by atoms with Gasteiger partial charge in [0.1, 0.15) is 11.2 Å². The molecule has 0 fully saturated rings. The maximum atomic E-state index is 6.33. The third-order valence-corrected chi connectivity index (χ3v) is 8.60. The Labute approximate surface area is 269 Å². The summed E-state index contributed by atoms with van der Waals surface area (Å²) < 4.78 is 6.33. The van der Waals surface area contributed by atoms with Gasteiger partial charge in [-0.2, -0.15) is 0 Å². The van der Waals surface area contributed by atoms with E-state index >= 15 is 0 Å². The number of hydrogen-bond acceptors (Lipinski definition) is 4. The summed E-state index contributed by atoms with van der Waals surface area (Å²) in [5.41, 5.74) is 10.5. The number of fused-ring (bicyclic) bond motifs is 3. The molecular formula is C42H35N3O. The molecule has 0 atom stereocenters. The minimum atomic E-state index is 0.625. The molecule has 7 rings (SSSR count). The molecule has 6 aromatic rings. The number of furan rings is 1. The van der Waals surface area contributed by atoms with Crippen LogP contribution in [-0.2, 0) is 6.42 Å². The predicted octanol–water partition coefficient (Wildman–Crippen LogP) is 11.0. The van der Waals surface area contributed by atoms with Gasteiger partial charge >= 0.3 is 0 Å². The molecule has 0 bridgehead atoms. The van der Waals surface area contributed by atoms with Crippen molar-refractivity contribution in [2.45, 2.75) is 33.1 Å². The van der Waals surface area contributed by atoms with Crippen LogP contribution in [0, 0.1) is 0 Å². The van der Waals surface area contributed by atoms with E-state index in [-0.39, 0.29) is 0 Å². The molecule has 0 amide bonds. The van der Waals surface area contributed by atoms with Crippen LogP contribution in [0.2, 0.25) is 0 Å². The molecule has 0 aliphatic heterocycles. The molecule has 0 saturated heterocycles. The van der Waals surface area contributed by atoms with Crippen molar-refractivity contribution in [1.29, 1.82) is 0 Å². The fourth-order valence-electron chi connectivity index (χ4n) is 6.06. The van der Waals surface area contributed by atoms with Gasteiger partial charge in [-0.05, 0) is 67.5 Å². The van der Waals surface area contributed by atoms with E-state index in [1.54, 1.807) is 0 Å². The molecule has 0 spiro atoms. The number of rotatable bonds is 8.